The van der Waals surface area contributed by atoms with E-state index in [-0.39, 0.29) is 0 Å². The van der Waals surface area contributed by atoms with Gasteiger partial charge in [0.25, 0.3) is 0 Å². The molecule has 0 aromatic heterocycles. The molecule has 0 bridgehead atoms. The molecule has 88 valence electrons. The Morgan fingerprint density at radius 3 is 2.47 bits per heavy atom. The second-order valence-electron chi connectivity index (χ2n) is 4.18. The van der Waals surface area contributed by atoms with E-state index >= 15 is 0 Å². The lowest BCUT2D eigenvalue weighted by Crippen LogP contribution is -1.85. The molecule has 0 atom stereocenters. The monoisotopic (exact) mass is 244 g/mol. The van der Waals surface area contributed by atoms with E-state index < -0.39 is 0 Å². The minimum absolute atomic E-state index is 0.362. The van der Waals surface area contributed by atoms with Crippen LogP contribution in [-0.4, -0.2) is 5.11 Å². The van der Waals surface area contributed by atoms with Crippen LogP contribution in [0.1, 0.15) is 16.7 Å². The number of para-hydroxylation sites is 1. The molecule has 0 aliphatic heterocycles. The van der Waals surface area contributed by atoms with Gasteiger partial charge in [0, 0.05) is 10.6 Å². The van der Waals surface area contributed by atoms with Crippen LogP contribution < -0.4 is 0 Å². The lowest BCUT2D eigenvalue weighted by atomic mass is 10.1. The van der Waals surface area contributed by atoms with Crippen LogP contribution >= 0.6 is 11.8 Å². The van der Waals surface area contributed by atoms with Crippen molar-refractivity contribution in [2.75, 3.05) is 0 Å². The van der Waals surface area contributed by atoms with E-state index in [4.69, 9.17) is 0 Å². The highest BCUT2D eigenvalue weighted by molar-refractivity contribution is 7.98. The molecule has 0 radical (unpaired) electrons. The van der Waals surface area contributed by atoms with Gasteiger partial charge in [-0.15, -0.1) is 11.8 Å². The topological polar surface area (TPSA) is 20.2 Å². The fraction of sp³-hybridized carbons (Fsp3) is 0.200. The van der Waals surface area contributed by atoms with Crippen molar-refractivity contribution in [3.05, 3.63) is 59.2 Å². The molecular formula is C15H16OS. The third-order valence-corrected chi connectivity index (χ3v) is 3.96. The van der Waals surface area contributed by atoms with Crippen LogP contribution in [0.3, 0.4) is 0 Å². The van der Waals surface area contributed by atoms with Gasteiger partial charge in [-0.25, -0.2) is 0 Å². The molecule has 0 unspecified atom stereocenters. The van der Waals surface area contributed by atoms with E-state index in [0.29, 0.717) is 5.75 Å². The molecule has 2 rings (SSSR count). The molecule has 2 aromatic rings. The predicted octanol–water partition coefficient (Wildman–Crippen LogP) is 4.30. The molecule has 2 heteroatoms. The average Bonchev–Trinajstić information content (AvgIpc) is 2.32. The summed E-state index contributed by atoms with van der Waals surface area (Å²) in [7, 11) is 0. The zero-order valence-electron chi connectivity index (χ0n) is 10.1. The number of phenolic OH excluding ortho intramolecular Hbond substituents is 1. The Hall–Kier alpha value is -1.41. The van der Waals surface area contributed by atoms with Gasteiger partial charge in [-0.2, -0.15) is 0 Å². The fourth-order valence-corrected chi connectivity index (χ4v) is 2.53. The predicted molar refractivity (Wildman–Crippen MR) is 73.6 cm³/mol. The van der Waals surface area contributed by atoms with Crippen LogP contribution in [-0.2, 0) is 5.75 Å². The van der Waals surface area contributed by atoms with Crippen molar-refractivity contribution in [2.45, 2.75) is 24.5 Å². The first-order chi connectivity index (χ1) is 8.16. The molecule has 0 amide bonds. The van der Waals surface area contributed by atoms with Crippen molar-refractivity contribution < 1.29 is 5.11 Å². The van der Waals surface area contributed by atoms with E-state index in [2.05, 4.69) is 32.0 Å². The van der Waals surface area contributed by atoms with E-state index in [9.17, 15) is 5.11 Å². The van der Waals surface area contributed by atoms with E-state index in [1.165, 1.54) is 16.7 Å². The highest BCUT2D eigenvalue weighted by Gasteiger charge is 2.02. The summed E-state index contributed by atoms with van der Waals surface area (Å²) >= 11 is 1.66. The van der Waals surface area contributed by atoms with Gasteiger partial charge in [0.1, 0.15) is 5.75 Å². The molecule has 0 saturated heterocycles. The summed E-state index contributed by atoms with van der Waals surface area (Å²) in [6.07, 6.45) is 0. The van der Waals surface area contributed by atoms with Crippen molar-refractivity contribution >= 4 is 11.8 Å². The van der Waals surface area contributed by atoms with Crippen LogP contribution in [0.25, 0.3) is 0 Å². The van der Waals surface area contributed by atoms with Crippen LogP contribution in [0.5, 0.6) is 5.75 Å². The second-order valence-corrected chi connectivity index (χ2v) is 5.19. The Balaban J connectivity index is 2.08. The van der Waals surface area contributed by atoms with Crippen molar-refractivity contribution in [2.24, 2.45) is 0 Å². The molecule has 0 heterocycles. The van der Waals surface area contributed by atoms with Gasteiger partial charge in [-0.1, -0.05) is 30.3 Å². The molecule has 0 aliphatic rings. The zero-order chi connectivity index (χ0) is 12.3. The molecule has 0 fully saturated rings. The van der Waals surface area contributed by atoms with E-state index in [1.807, 2.05) is 18.2 Å². The average molecular weight is 244 g/mol. The van der Waals surface area contributed by atoms with Crippen LogP contribution in [0.4, 0.5) is 0 Å². The number of benzene rings is 2. The maximum atomic E-state index is 9.67. The molecule has 0 spiro atoms. The van der Waals surface area contributed by atoms with Crippen molar-refractivity contribution in [1.82, 2.24) is 0 Å². The molecular weight excluding hydrogens is 228 g/mol. The molecule has 0 aliphatic carbocycles. The number of hydrogen-bond acceptors (Lipinski definition) is 2. The first-order valence-corrected chi connectivity index (χ1v) is 6.62. The summed E-state index contributed by atoms with van der Waals surface area (Å²) in [5.41, 5.74) is 3.93. The third kappa shape index (κ3) is 3.04. The number of thioether (sulfide) groups is 1. The van der Waals surface area contributed by atoms with Crippen molar-refractivity contribution in [3.8, 4) is 5.75 Å². The lowest BCUT2D eigenvalue weighted by molar-refractivity contribution is 0.462. The quantitative estimate of drug-likeness (QED) is 0.812. The normalized spacial score (nSPS) is 10.5. The maximum absolute atomic E-state index is 9.67. The third-order valence-electron chi connectivity index (χ3n) is 2.83. The van der Waals surface area contributed by atoms with E-state index in [0.717, 1.165) is 10.6 Å². The van der Waals surface area contributed by atoms with Crippen molar-refractivity contribution in [1.29, 1.82) is 0 Å². The Labute approximate surface area is 107 Å². The Morgan fingerprint density at radius 2 is 1.76 bits per heavy atom. The van der Waals surface area contributed by atoms with Gasteiger partial charge in [0.15, 0.2) is 0 Å². The summed E-state index contributed by atoms with van der Waals surface area (Å²) in [5, 5.41) is 9.67. The van der Waals surface area contributed by atoms with Gasteiger partial charge in [0.2, 0.25) is 0 Å². The Kier molecular flexibility index (Phi) is 3.75. The summed E-state index contributed by atoms with van der Waals surface area (Å²) < 4.78 is 0. The highest BCUT2D eigenvalue weighted by atomic mass is 32.2. The van der Waals surface area contributed by atoms with Gasteiger partial charge in [-0.05, 0) is 42.7 Å². The lowest BCUT2D eigenvalue weighted by Gasteiger charge is -2.06. The minimum Gasteiger partial charge on any atom is -0.507 e. The molecule has 2 aromatic carbocycles. The standard InChI is InChI=1S/C15H16OS/c1-11-7-8-13(9-12(11)2)10-17-15-6-4-3-5-14(15)16/h3-9,16H,10H2,1-2H3. The summed E-state index contributed by atoms with van der Waals surface area (Å²) in [4.78, 5) is 0.936. The summed E-state index contributed by atoms with van der Waals surface area (Å²) in [6.45, 7) is 4.25. The van der Waals surface area contributed by atoms with E-state index in [1.54, 1.807) is 17.8 Å². The highest BCUT2D eigenvalue weighted by Crippen LogP contribution is 2.30. The maximum Gasteiger partial charge on any atom is 0.129 e. The molecule has 17 heavy (non-hydrogen) atoms. The number of phenols is 1. The van der Waals surface area contributed by atoms with Gasteiger partial charge in [-0.3, -0.25) is 0 Å². The smallest absolute Gasteiger partial charge is 0.129 e. The Bertz CT molecular complexity index is 520. The zero-order valence-corrected chi connectivity index (χ0v) is 10.9. The SMILES string of the molecule is Cc1ccc(CSc2ccccc2O)cc1C. The number of aromatic hydroxyl groups is 1. The minimum atomic E-state index is 0.362. The van der Waals surface area contributed by atoms with Gasteiger partial charge in [0.05, 0.1) is 0 Å². The van der Waals surface area contributed by atoms with Gasteiger partial charge < -0.3 is 5.11 Å². The first kappa shape index (κ1) is 12.1. The fourth-order valence-electron chi connectivity index (χ4n) is 1.63. The summed E-state index contributed by atoms with van der Waals surface area (Å²) in [5.74, 6) is 1.25. The Morgan fingerprint density at radius 1 is 1.00 bits per heavy atom. The van der Waals surface area contributed by atoms with Crippen LogP contribution in [0.15, 0.2) is 47.4 Å². The van der Waals surface area contributed by atoms with Gasteiger partial charge >= 0.3 is 0 Å². The first-order valence-electron chi connectivity index (χ1n) is 5.64. The second kappa shape index (κ2) is 5.28. The molecule has 1 nitrogen and oxygen atoms in total. The summed E-state index contributed by atoms with van der Waals surface area (Å²) in [6, 6.07) is 14.0. The largest absolute Gasteiger partial charge is 0.507 e. The molecule has 0 saturated carbocycles. The van der Waals surface area contributed by atoms with Crippen LogP contribution in [0, 0.1) is 13.8 Å². The number of rotatable bonds is 3. The number of hydrogen-bond donors (Lipinski definition) is 1. The number of aryl methyl sites for hydroxylation is 2. The molecule has 1 N–H and O–H groups in total. The van der Waals surface area contributed by atoms with Crippen LogP contribution in [0.2, 0.25) is 0 Å². The van der Waals surface area contributed by atoms with Crippen molar-refractivity contribution in [3.63, 3.8) is 0 Å².